The first-order valence-electron chi connectivity index (χ1n) is 4.88. The van der Waals surface area contributed by atoms with Crippen LogP contribution in [-0.2, 0) is 4.79 Å². The summed E-state index contributed by atoms with van der Waals surface area (Å²) in [6, 6.07) is 3.59. The molecular formula is C11H11Cl2NO3. The highest BCUT2D eigenvalue weighted by atomic mass is 35.5. The number of halogens is 2. The molecule has 0 saturated heterocycles. The number of nitrogens with two attached hydrogens (primary N) is 1. The van der Waals surface area contributed by atoms with Gasteiger partial charge in [0, 0.05) is 17.0 Å². The van der Waals surface area contributed by atoms with Crippen molar-refractivity contribution in [3.05, 3.63) is 33.8 Å². The molecule has 0 spiro atoms. The summed E-state index contributed by atoms with van der Waals surface area (Å²) in [7, 11) is 0. The van der Waals surface area contributed by atoms with Crippen molar-refractivity contribution in [3.63, 3.8) is 0 Å². The fourth-order valence-corrected chi connectivity index (χ4v) is 1.80. The molecule has 1 rings (SSSR count). The summed E-state index contributed by atoms with van der Waals surface area (Å²) >= 11 is 11.6. The van der Waals surface area contributed by atoms with Crippen LogP contribution in [0.2, 0.25) is 10.0 Å². The van der Waals surface area contributed by atoms with Crippen molar-refractivity contribution in [3.8, 4) is 0 Å². The summed E-state index contributed by atoms with van der Waals surface area (Å²) in [6.45, 7) is 0. The Morgan fingerprint density at radius 2 is 2.00 bits per heavy atom. The van der Waals surface area contributed by atoms with E-state index in [1.54, 1.807) is 0 Å². The van der Waals surface area contributed by atoms with Crippen LogP contribution in [0.5, 0.6) is 0 Å². The topological polar surface area (TPSA) is 80.4 Å². The SMILES string of the molecule is NC(CCC(=O)O)C(=O)c1ccc(Cl)cc1Cl. The van der Waals surface area contributed by atoms with Gasteiger partial charge in [-0.2, -0.15) is 0 Å². The zero-order chi connectivity index (χ0) is 13.0. The second kappa shape index (κ2) is 6.00. The fourth-order valence-electron chi connectivity index (χ4n) is 1.30. The number of rotatable bonds is 5. The van der Waals surface area contributed by atoms with Gasteiger partial charge in [-0.15, -0.1) is 0 Å². The molecule has 0 saturated carbocycles. The van der Waals surface area contributed by atoms with Crippen molar-refractivity contribution < 1.29 is 14.7 Å². The maximum absolute atomic E-state index is 11.8. The number of carboxylic acid groups (broad SMARTS) is 1. The lowest BCUT2D eigenvalue weighted by atomic mass is 10.0. The van der Waals surface area contributed by atoms with Gasteiger partial charge in [0.15, 0.2) is 5.78 Å². The predicted octanol–water partition coefficient (Wildman–Crippen LogP) is 2.37. The molecule has 92 valence electrons. The van der Waals surface area contributed by atoms with Crippen LogP contribution in [0, 0.1) is 0 Å². The van der Waals surface area contributed by atoms with E-state index in [0.717, 1.165) is 0 Å². The largest absolute Gasteiger partial charge is 0.481 e. The number of carboxylic acids is 1. The monoisotopic (exact) mass is 275 g/mol. The molecule has 0 radical (unpaired) electrons. The average Bonchev–Trinajstić information content (AvgIpc) is 2.25. The Kier molecular flexibility index (Phi) is 4.93. The van der Waals surface area contributed by atoms with Crippen LogP contribution in [0.3, 0.4) is 0 Å². The third kappa shape index (κ3) is 4.00. The molecule has 1 atom stereocenters. The molecule has 0 amide bonds. The molecule has 4 nitrogen and oxygen atoms in total. The van der Waals surface area contributed by atoms with Gasteiger partial charge in [-0.3, -0.25) is 9.59 Å². The average molecular weight is 276 g/mol. The Balaban J connectivity index is 2.78. The van der Waals surface area contributed by atoms with Gasteiger partial charge in [-0.05, 0) is 24.6 Å². The second-order valence-corrected chi connectivity index (χ2v) is 4.37. The van der Waals surface area contributed by atoms with Gasteiger partial charge in [0.05, 0.1) is 11.1 Å². The summed E-state index contributed by atoms with van der Waals surface area (Å²) in [5, 5.41) is 9.13. The number of ketones is 1. The third-order valence-electron chi connectivity index (χ3n) is 2.20. The number of carbonyl (C=O) groups is 2. The fraction of sp³-hybridized carbons (Fsp3) is 0.273. The Morgan fingerprint density at radius 3 is 2.53 bits per heavy atom. The minimum absolute atomic E-state index is 0.0765. The molecule has 3 N–H and O–H groups in total. The quantitative estimate of drug-likeness (QED) is 0.809. The van der Waals surface area contributed by atoms with Gasteiger partial charge in [0.2, 0.25) is 0 Å². The standard InChI is InChI=1S/C11H11Cl2NO3/c12-6-1-2-7(8(13)5-6)11(17)9(14)3-4-10(15)16/h1-2,5,9H,3-4,14H2,(H,15,16). The molecule has 0 fully saturated rings. The normalized spacial score (nSPS) is 12.2. The molecule has 1 unspecified atom stereocenters. The van der Waals surface area contributed by atoms with Crippen LogP contribution in [0.15, 0.2) is 18.2 Å². The Morgan fingerprint density at radius 1 is 1.35 bits per heavy atom. The van der Waals surface area contributed by atoms with Crippen LogP contribution < -0.4 is 5.73 Å². The van der Waals surface area contributed by atoms with Crippen molar-refractivity contribution in [2.45, 2.75) is 18.9 Å². The maximum Gasteiger partial charge on any atom is 0.303 e. The number of benzene rings is 1. The van der Waals surface area contributed by atoms with Gasteiger partial charge >= 0.3 is 5.97 Å². The van der Waals surface area contributed by atoms with Crippen molar-refractivity contribution in [1.29, 1.82) is 0 Å². The number of aliphatic carboxylic acids is 1. The third-order valence-corrected chi connectivity index (χ3v) is 2.75. The highest BCUT2D eigenvalue weighted by Crippen LogP contribution is 2.22. The van der Waals surface area contributed by atoms with E-state index < -0.39 is 12.0 Å². The molecule has 17 heavy (non-hydrogen) atoms. The molecule has 0 bridgehead atoms. The van der Waals surface area contributed by atoms with Crippen molar-refractivity contribution in [2.75, 3.05) is 0 Å². The van der Waals surface area contributed by atoms with Gasteiger partial charge in [0.25, 0.3) is 0 Å². The van der Waals surface area contributed by atoms with Crippen LogP contribution in [-0.4, -0.2) is 22.9 Å². The Labute approximate surface area is 108 Å². The van der Waals surface area contributed by atoms with E-state index in [-0.39, 0.29) is 29.2 Å². The first-order chi connectivity index (χ1) is 7.91. The molecular weight excluding hydrogens is 265 g/mol. The van der Waals surface area contributed by atoms with E-state index >= 15 is 0 Å². The maximum atomic E-state index is 11.8. The summed E-state index contributed by atoms with van der Waals surface area (Å²) in [4.78, 5) is 22.2. The summed E-state index contributed by atoms with van der Waals surface area (Å²) < 4.78 is 0. The van der Waals surface area contributed by atoms with Crippen molar-refractivity contribution in [2.24, 2.45) is 5.73 Å². The van der Waals surface area contributed by atoms with Gasteiger partial charge < -0.3 is 10.8 Å². The molecule has 0 aliphatic heterocycles. The molecule has 1 aromatic rings. The van der Waals surface area contributed by atoms with Crippen LogP contribution in [0.1, 0.15) is 23.2 Å². The lowest BCUT2D eigenvalue weighted by Crippen LogP contribution is -2.31. The van der Waals surface area contributed by atoms with Gasteiger partial charge in [-0.1, -0.05) is 23.2 Å². The second-order valence-electron chi connectivity index (χ2n) is 3.53. The zero-order valence-corrected chi connectivity index (χ0v) is 10.3. The number of carbonyl (C=O) groups excluding carboxylic acids is 1. The zero-order valence-electron chi connectivity index (χ0n) is 8.82. The lowest BCUT2D eigenvalue weighted by Gasteiger charge is -2.10. The minimum atomic E-state index is -0.990. The lowest BCUT2D eigenvalue weighted by molar-refractivity contribution is -0.137. The summed E-state index contributed by atoms with van der Waals surface area (Å²) in [5.41, 5.74) is 5.86. The molecule has 0 aromatic heterocycles. The minimum Gasteiger partial charge on any atom is -0.481 e. The van der Waals surface area contributed by atoms with Crippen LogP contribution in [0.4, 0.5) is 0 Å². The predicted molar refractivity (Wildman–Crippen MR) is 65.6 cm³/mol. The van der Waals surface area contributed by atoms with E-state index in [4.69, 9.17) is 34.0 Å². The van der Waals surface area contributed by atoms with Crippen molar-refractivity contribution >= 4 is 35.0 Å². The summed E-state index contributed by atoms with van der Waals surface area (Å²) in [6.07, 6.45) is -0.0781. The molecule has 6 heteroatoms. The molecule has 0 aliphatic rings. The number of hydrogen-bond acceptors (Lipinski definition) is 3. The van der Waals surface area contributed by atoms with Crippen LogP contribution in [0.25, 0.3) is 0 Å². The van der Waals surface area contributed by atoms with Crippen LogP contribution >= 0.6 is 23.2 Å². The van der Waals surface area contributed by atoms with E-state index in [0.29, 0.717) is 5.02 Å². The van der Waals surface area contributed by atoms with E-state index in [1.165, 1.54) is 18.2 Å². The first-order valence-corrected chi connectivity index (χ1v) is 5.64. The van der Waals surface area contributed by atoms with E-state index in [9.17, 15) is 9.59 Å². The smallest absolute Gasteiger partial charge is 0.303 e. The van der Waals surface area contributed by atoms with E-state index in [2.05, 4.69) is 0 Å². The first kappa shape index (κ1) is 14.0. The van der Waals surface area contributed by atoms with Gasteiger partial charge in [0.1, 0.15) is 0 Å². The highest BCUT2D eigenvalue weighted by molar-refractivity contribution is 6.37. The summed E-state index contributed by atoms with van der Waals surface area (Å²) in [5.74, 6) is -1.37. The Hall–Kier alpha value is -1.10. The van der Waals surface area contributed by atoms with Crippen molar-refractivity contribution in [1.82, 2.24) is 0 Å². The van der Waals surface area contributed by atoms with Gasteiger partial charge in [-0.25, -0.2) is 0 Å². The number of Topliss-reactive ketones (excluding diaryl/α,β-unsaturated/α-hetero) is 1. The number of hydrogen-bond donors (Lipinski definition) is 2. The van der Waals surface area contributed by atoms with E-state index in [1.807, 2.05) is 0 Å². The molecule has 1 aromatic carbocycles. The Bertz CT molecular complexity index is 448. The molecule has 0 aliphatic carbocycles. The molecule has 0 heterocycles. The highest BCUT2D eigenvalue weighted by Gasteiger charge is 2.19.